The number of ether oxygens (including phenoxy) is 1. The van der Waals surface area contributed by atoms with E-state index < -0.39 is 0 Å². The van der Waals surface area contributed by atoms with Crippen molar-refractivity contribution < 1.29 is 9.53 Å². The Morgan fingerprint density at radius 1 is 1.53 bits per heavy atom. The summed E-state index contributed by atoms with van der Waals surface area (Å²) in [5.41, 5.74) is 6.95. The molecule has 1 aromatic heterocycles. The molecular weight excluding hydrogens is 240 g/mol. The van der Waals surface area contributed by atoms with Gasteiger partial charge in [-0.3, -0.25) is 4.79 Å². The number of nitrogen functional groups attached to an aromatic ring is 1. The number of carbonyl (C=O) groups excluding carboxylic acids is 1. The molecule has 3 N–H and O–H groups in total. The Balaban J connectivity index is 2.23. The van der Waals surface area contributed by atoms with E-state index in [-0.39, 0.29) is 11.6 Å². The molecule has 1 amide bonds. The second-order valence-corrected chi connectivity index (χ2v) is 3.81. The van der Waals surface area contributed by atoms with Crippen LogP contribution in [0.1, 0.15) is 10.5 Å². The fourth-order valence-corrected chi connectivity index (χ4v) is 1.71. The van der Waals surface area contributed by atoms with Crippen LogP contribution in [0.2, 0.25) is 0 Å². The van der Waals surface area contributed by atoms with Gasteiger partial charge in [0.2, 0.25) is 0 Å². The van der Waals surface area contributed by atoms with Gasteiger partial charge in [-0.2, -0.15) is 0 Å². The van der Waals surface area contributed by atoms with Gasteiger partial charge >= 0.3 is 0 Å². The van der Waals surface area contributed by atoms with Crippen LogP contribution in [0, 0.1) is 0 Å². The Hall–Kier alpha value is -2.15. The summed E-state index contributed by atoms with van der Waals surface area (Å²) >= 11 is 1.11. The Bertz CT molecular complexity index is 527. The highest BCUT2D eigenvalue weighted by Gasteiger charge is 2.12. The SMILES string of the molecule is COc1ccc(N)cc1NC(=O)c1csnn1. The van der Waals surface area contributed by atoms with Crippen LogP contribution in [-0.4, -0.2) is 22.6 Å². The van der Waals surface area contributed by atoms with E-state index in [0.29, 0.717) is 17.1 Å². The molecule has 0 aliphatic carbocycles. The molecule has 0 saturated carbocycles. The molecule has 17 heavy (non-hydrogen) atoms. The lowest BCUT2D eigenvalue weighted by molar-refractivity contribution is 0.102. The summed E-state index contributed by atoms with van der Waals surface area (Å²) in [5, 5.41) is 7.90. The highest BCUT2D eigenvalue weighted by molar-refractivity contribution is 7.03. The van der Waals surface area contributed by atoms with E-state index in [1.165, 1.54) is 7.11 Å². The molecule has 2 rings (SSSR count). The van der Waals surface area contributed by atoms with E-state index >= 15 is 0 Å². The van der Waals surface area contributed by atoms with Crippen molar-refractivity contribution in [2.75, 3.05) is 18.2 Å². The molecule has 0 fully saturated rings. The standard InChI is InChI=1S/C10H10N4O2S/c1-16-9-3-2-6(11)4-7(9)12-10(15)8-5-17-14-13-8/h2-5H,11H2,1H3,(H,12,15). The van der Waals surface area contributed by atoms with Crippen molar-refractivity contribution in [1.29, 1.82) is 0 Å². The quantitative estimate of drug-likeness (QED) is 0.803. The van der Waals surface area contributed by atoms with Crippen molar-refractivity contribution in [3.63, 3.8) is 0 Å². The van der Waals surface area contributed by atoms with E-state index in [4.69, 9.17) is 10.5 Å². The maximum Gasteiger partial charge on any atom is 0.277 e. The highest BCUT2D eigenvalue weighted by Crippen LogP contribution is 2.26. The number of nitrogens with zero attached hydrogens (tertiary/aromatic N) is 2. The number of methoxy groups -OCH3 is 1. The lowest BCUT2D eigenvalue weighted by atomic mass is 10.2. The van der Waals surface area contributed by atoms with Crippen LogP contribution in [0.4, 0.5) is 11.4 Å². The summed E-state index contributed by atoms with van der Waals surface area (Å²) in [5.74, 6) is 0.193. The number of aromatic nitrogens is 2. The molecule has 0 unspecified atom stereocenters. The fraction of sp³-hybridized carbons (Fsp3) is 0.100. The lowest BCUT2D eigenvalue weighted by Gasteiger charge is -2.09. The van der Waals surface area contributed by atoms with Gasteiger partial charge in [-0.05, 0) is 29.7 Å². The number of hydrogen-bond donors (Lipinski definition) is 2. The maximum atomic E-state index is 11.8. The van der Waals surface area contributed by atoms with Gasteiger partial charge in [0.1, 0.15) is 5.75 Å². The number of nitrogens with two attached hydrogens (primary N) is 1. The second-order valence-electron chi connectivity index (χ2n) is 3.20. The number of nitrogens with one attached hydrogen (secondary N) is 1. The Kier molecular flexibility index (Phi) is 3.20. The molecule has 88 valence electrons. The number of amides is 1. The number of carbonyl (C=O) groups is 1. The van der Waals surface area contributed by atoms with E-state index in [9.17, 15) is 4.79 Å². The van der Waals surface area contributed by atoms with E-state index in [1.54, 1.807) is 23.6 Å². The van der Waals surface area contributed by atoms with Gasteiger partial charge in [0.15, 0.2) is 5.69 Å². The molecule has 1 aromatic carbocycles. The first kappa shape index (κ1) is 11.3. The minimum Gasteiger partial charge on any atom is -0.495 e. The van der Waals surface area contributed by atoms with Crippen LogP contribution in [-0.2, 0) is 0 Å². The minimum absolute atomic E-state index is 0.263. The van der Waals surface area contributed by atoms with Gasteiger partial charge < -0.3 is 15.8 Å². The topological polar surface area (TPSA) is 90.1 Å². The van der Waals surface area contributed by atoms with Gasteiger partial charge in [-0.1, -0.05) is 4.49 Å². The normalized spacial score (nSPS) is 9.94. The zero-order valence-corrected chi connectivity index (χ0v) is 9.82. The van der Waals surface area contributed by atoms with Crippen molar-refractivity contribution in [1.82, 2.24) is 9.59 Å². The molecule has 0 aliphatic heterocycles. The summed E-state index contributed by atoms with van der Waals surface area (Å²) < 4.78 is 8.73. The summed E-state index contributed by atoms with van der Waals surface area (Å²) in [7, 11) is 1.52. The third-order valence-electron chi connectivity index (χ3n) is 2.06. The van der Waals surface area contributed by atoms with Gasteiger partial charge in [-0.15, -0.1) is 5.10 Å². The second kappa shape index (κ2) is 4.79. The van der Waals surface area contributed by atoms with E-state index in [0.717, 1.165) is 11.5 Å². The fourth-order valence-electron chi connectivity index (χ4n) is 1.27. The molecule has 0 radical (unpaired) electrons. The molecular formula is C10H10N4O2S. The Morgan fingerprint density at radius 2 is 2.35 bits per heavy atom. The summed E-state index contributed by atoms with van der Waals surface area (Å²) in [4.78, 5) is 11.8. The first-order chi connectivity index (χ1) is 8.20. The van der Waals surface area contributed by atoms with Gasteiger partial charge in [0.05, 0.1) is 12.8 Å². The van der Waals surface area contributed by atoms with Crippen LogP contribution in [0.3, 0.4) is 0 Å². The highest BCUT2D eigenvalue weighted by atomic mass is 32.1. The number of benzene rings is 1. The van der Waals surface area contributed by atoms with E-state index in [2.05, 4.69) is 14.9 Å². The third kappa shape index (κ3) is 2.51. The predicted octanol–water partition coefficient (Wildman–Crippen LogP) is 1.38. The van der Waals surface area contributed by atoms with Crippen molar-refractivity contribution in [2.45, 2.75) is 0 Å². The average molecular weight is 250 g/mol. The third-order valence-corrected chi connectivity index (χ3v) is 2.57. The Labute approximate surface area is 102 Å². The zero-order chi connectivity index (χ0) is 12.3. The smallest absolute Gasteiger partial charge is 0.277 e. The van der Waals surface area contributed by atoms with Crippen LogP contribution in [0.5, 0.6) is 5.75 Å². The molecule has 0 aliphatic rings. The lowest BCUT2D eigenvalue weighted by Crippen LogP contribution is -2.13. The summed E-state index contributed by atoms with van der Waals surface area (Å²) in [6.45, 7) is 0. The largest absolute Gasteiger partial charge is 0.495 e. The average Bonchev–Trinajstić information content (AvgIpc) is 2.83. The molecule has 0 atom stereocenters. The van der Waals surface area contributed by atoms with Crippen molar-refractivity contribution in [3.8, 4) is 5.75 Å². The van der Waals surface area contributed by atoms with Crippen LogP contribution in [0.25, 0.3) is 0 Å². The predicted molar refractivity (Wildman–Crippen MR) is 65.3 cm³/mol. The van der Waals surface area contributed by atoms with Crippen LogP contribution < -0.4 is 15.8 Å². The van der Waals surface area contributed by atoms with Crippen molar-refractivity contribution in [2.24, 2.45) is 0 Å². The number of rotatable bonds is 3. The van der Waals surface area contributed by atoms with Gasteiger partial charge in [-0.25, -0.2) is 0 Å². The van der Waals surface area contributed by atoms with Gasteiger partial charge in [0, 0.05) is 11.1 Å². The molecule has 2 aromatic rings. The first-order valence-electron chi connectivity index (χ1n) is 4.72. The zero-order valence-electron chi connectivity index (χ0n) is 9.01. The molecule has 6 nitrogen and oxygen atoms in total. The maximum absolute atomic E-state index is 11.8. The summed E-state index contributed by atoms with van der Waals surface area (Å²) in [6.07, 6.45) is 0. The number of anilines is 2. The van der Waals surface area contributed by atoms with Crippen LogP contribution >= 0.6 is 11.5 Å². The molecule has 1 heterocycles. The van der Waals surface area contributed by atoms with Gasteiger partial charge in [0.25, 0.3) is 5.91 Å². The molecule has 7 heteroatoms. The molecule has 0 bridgehead atoms. The molecule has 0 spiro atoms. The first-order valence-corrected chi connectivity index (χ1v) is 5.56. The Morgan fingerprint density at radius 3 is 3.00 bits per heavy atom. The minimum atomic E-state index is -0.345. The molecule has 0 saturated heterocycles. The van der Waals surface area contributed by atoms with Crippen LogP contribution in [0.15, 0.2) is 23.6 Å². The monoisotopic (exact) mass is 250 g/mol. The number of hydrogen-bond acceptors (Lipinski definition) is 6. The van der Waals surface area contributed by atoms with Crippen molar-refractivity contribution in [3.05, 3.63) is 29.3 Å². The van der Waals surface area contributed by atoms with Crippen molar-refractivity contribution >= 4 is 28.8 Å². The van der Waals surface area contributed by atoms with E-state index in [1.807, 2.05) is 0 Å². The summed E-state index contributed by atoms with van der Waals surface area (Å²) in [6, 6.07) is 5.00.